The van der Waals surface area contributed by atoms with Gasteiger partial charge in [0.2, 0.25) is 0 Å². The number of rotatable bonds is 1. The second kappa shape index (κ2) is 2.67. The molecule has 0 aromatic carbocycles. The van der Waals surface area contributed by atoms with Crippen LogP contribution in [0.25, 0.3) is 0 Å². The standard InChI is InChI=1S/C8H13BrO/c1-3-8(2)5-6(9)4-7(8)10/h5,7,10H,3-4H2,1-2H3/t7-,8?/m1/s1. The van der Waals surface area contributed by atoms with Crippen molar-refractivity contribution < 1.29 is 5.11 Å². The minimum Gasteiger partial charge on any atom is -0.392 e. The van der Waals surface area contributed by atoms with Gasteiger partial charge in [-0.25, -0.2) is 0 Å². The molecule has 1 aliphatic carbocycles. The molecule has 0 amide bonds. The quantitative estimate of drug-likeness (QED) is 0.697. The average molecular weight is 205 g/mol. The first-order valence-electron chi connectivity index (χ1n) is 3.64. The Bertz CT molecular complexity index is 165. The van der Waals surface area contributed by atoms with E-state index < -0.39 is 0 Å². The third kappa shape index (κ3) is 1.28. The molecule has 0 heterocycles. The Balaban J connectivity index is 2.77. The summed E-state index contributed by atoms with van der Waals surface area (Å²) in [5.74, 6) is 0. The second-order valence-corrected chi connectivity index (χ2v) is 4.19. The first-order chi connectivity index (χ1) is 4.58. The van der Waals surface area contributed by atoms with Gasteiger partial charge in [0.15, 0.2) is 0 Å². The molecule has 0 spiro atoms. The lowest BCUT2D eigenvalue weighted by molar-refractivity contribution is 0.0822. The topological polar surface area (TPSA) is 20.2 Å². The molecule has 0 bridgehead atoms. The Labute approximate surface area is 70.3 Å². The van der Waals surface area contributed by atoms with E-state index in [1.54, 1.807) is 0 Å². The van der Waals surface area contributed by atoms with Crippen LogP contribution in [-0.2, 0) is 0 Å². The van der Waals surface area contributed by atoms with E-state index in [2.05, 4.69) is 35.9 Å². The number of halogens is 1. The van der Waals surface area contributed by atoms with Crippen molar-refractivity contribution in [3.63, 3.8) is 0 Å². The van der Waals surface area contributed by atoms with Crippen LogP contribution in [0.2, 0.25) is 0 Å². The van der Waals surface area contributed by atoms with Gasteiger partial charge in [-0.1, -0.05) is 35.9 Å². The van der Waals surface area contributed by atoms with Crippen LogP contribution in [-0.4, -0.2) is 11.2 Å². The van der Waals surface area contributed by atoms with E-state index >= 15 is 0 Å². The van der Waals surface area contributed by atoms with Gasteiger partial charge in [-0.2, -0.15) is 0 Å². The summed E-state index contributed by atoms with van der Waals surface area (Å²) in [5, 5.41) is 9.54. The van der Waals surface area contributed by atoms with Crippen LogP contribution in [0, 0.1) is 5.41 Å². The Morgan fingerprint density at radius 3 is 2.70 bits per heavy atom. The van der Waals surface area contributed by atoms with Crippen LogP contribution in [0.3, 0.4) is 0 Å². The molecule has 58 valence electrons. The zero-order valence-corrected chi connectivity index (χ0v) is 7.98. The summed E-state index contributed by atoms with van der Waals surface area (Å²) in [6.07, 6.45) is 3.72. The molecular weight excluding hydrogens is 192 g/mol. The first kappa shape index (κ1) is 8.28. The molecular formula is C8H13BrO. The summed E-state index contributed by atoms with van der Waals surface area (Å²) in [7, 11) is 0. The molecule has 0 aliphatic heterocycles. The van der Waals surface area contributed by atoms with E-state index in [9.17, 15) is 5.11 Å². The number of aliphatic hydroxyl groups excluding tert-OH is 1. The lowest BCUT2D eigenvalue weighted by Crippen LogP contribution is -2.25. The van der Waals surface area contributed by atoms with Crippen molar-refractivity contribution in [3.8, 4) is 0 Å². The van der Waals surface area contributed by atoms with Crippen LogP contribution in [0.1, 0.15) is 26.7 Å². The van der Waals surface area contributed by atoms with Crippen LogP contribution in [0.15, 0.2) is 10.6 Å². The zero-order chi connectivity index (χ0) is 7.78. The Morgan fingerprint density at radius 1 is 1.90 bits per heavy atom. The largest absolute Gasteiger partial charge is 0.392 e. The second-order valence-electron chi connectivity index (χ2n) is 3.17. The van der Waals surface area contributed by atoms with Gasteiger partial charge in [-0.05, 0) is 10.9 Å². The van der Waals surface area contributed by atoms with E-state index in [-0.39, 0.29) is 11.5 Å². The maximum absolute atomic E-state index is 9.54. The predicted molar refractivity (Wildman–Crippen MR) is 46.0 cm³/mol. The molecule has 10 heavy (non-hydrogen) atoms. The number of aliphatic hydroxyl groups is 1. The highest BCUT2D eigenvalue weighted by Crippen LogP contribution is 2.40. The SMILES string of the molecule is CCC1(C)C=C(Br)C[C@H]1O. The van der Waals surface area contributed by atoms with Crippen molar-refractivity contribution in [1.29, 1.82) is 0 Å². The highest BCUT2D eigenvalue weighted by Gasteiger charge is 2.34. The maximum Gasteiger partial charge on any atom is 0.0673 e. The highest BCUT2D eigenvalue weighted by molar-refractivity contribution is 9.11. The summed E-state index contributed by atoms with van der Waals surface area (Å²) >= 11 is 3.40. The predicted octanol–water partition coefficient (Wildman–Crippen LogP) is 2.45. The minimum absolute atomic E-state index is 0.0127. The van der Waals surface area contributed by atoms with Crippen LogP contribution in [0.5, 0.6) is 0 Å². The summed E-state index contributed by atoms with van der Waals surface area (Å²) in [5.41, 5.74) is 0.0127. The number of hydrogen-bond donors (Lipinski definition) is 1. The molecule has 0 saturated heterocycles. The molecule has 1 nitrogen and oxygen atoms in total. The molecule has 2 atom stereocenters. The summed E-state index contributed by atoms with van der Waals surface area (Å²) in [6, 6.07) is 0. The molecule has 0 radical (unpaired) electrons. The fraction of sp³-hybridized carbons (Fsp3) is 0.750. The molecule has 1 aliphatic rings. The van der Waals surface area contributed by atoms with Gasteiger partial charge in [-0.3, -0.25) is 0 Å². The Kier molecular flexibility index (Phi) is 2.21. The Hall–Kier alpha value is 0.180. The van der Waals surface area contributed by atoms with E-state index in [0.717, 1.165) is 17.3 Å². The van der Waals surface area contributed by atoms with Gasteiger partial charge in [-0.15, -0.1) is 0 Å². The summed E-state index contributed by atoms with van der Waals surface area (Å²) in [4.78, 5) is 0. The fourth-order valence-corrected chi connectivity index (χ4v) is 2.10. The molecule has 1 unspecified atom stereocenters. The van der Waals surface area contributed by atoms with E-state index in [1.807, 2.05) is 0 Å². The van der Waals surface area contributed by atoms with Crippen molar-refractivity contribution >= 4 is 15.9 Å². The third-order valence-corrected chi connectivity index (χ3v) is 2.95. The fourth-order valence-electron chi connectivity index (χ4n) is 1.27. The van der Waals surface area contributed by atoms with Crippen LogP contribution in [0.4, 0.5) is 0 Å². The molecule has 0 fully saturated rings. The first-order valence-corrected chi connectivity index (χ1v) is 4.43. The lowest BCUT2D eigenvalue weighted by atomic mass is 9.85. The highest BCUT2D eigenvalue weighted by atomic mass is 79.9. The number of hydrogen-bond acceptors (Lipinski definition) is 1. The smallest absolute Gasteiger partial charge is 0.0673 e. The van der Waals surface area contributed by atoms with Crippen molar-refractivity contribution in [2.24, 2.45) is 5.41 Å². The van der Waals surface area contributed by atoms with Crippen molar-refractivity contribution in [2.75, 3.05) is 0 Å². The van der Waals surface area contributed by atoms with Crippen LogP contribution >= 0.6 is 15.9 Å². The van der Waals surface area contributed by atoms with Crippen molar-refractivity contribution in [1.82, 2.24) is 0 Å². The van der Waals surface area contributed by atoms with E-state index in [4.69, 9.17) is 0 Å². The summed E-state index contributed by atoms with van der Waals surface area (Å²) in [6.45, 7) is 4.19. The van der Waals surface area contributed by atoms with Gasteiger partial charge >= 0.3 is 0 Å². The normalized spacial score (nSPS) is 40.0. The molecule has 0 aromatic heterocycles. The molecule has 1 rings (SSSR count). The van der Waals surface area contributed by atoms with Gasteiger partial charge in [0, 0.05) is 11.8 Å². The van der Waals surface area contributed by atoms with E-state index in [0.29, 0.717) is 0 Å². The average Bonchev–Trinajstić information content (AvgIpc) is 2.09. The molecule has 1 N–H and O–H groups in total. The van der Waals surface area contributed by atoms with Gasteiger partial charge in [0.05, 0.1) is 6.10 Å². The van der Waals surface area contributed by atoms with Crippen LogP contribution < -0.4 is 0 Å². The Morgan fingerprint density at radius 2 is 2.50 bits per heavy atom. The van der Waals surface area contributed by atoms with Gasteiger partial charge in [0.25, 0.3) is 0 Å². The van der Waals surface area contributed by atoms with Crippen molar-refractivity contribution in [2.45, 2.75) is 32.8 Å². The third-order valence-electron chi connectivity index (χ3n) is 2.40. The zero-order valence-electron chi connectivity index (χ0n) is 6.39. The minimum atomic E-state index is -0.188. The molecule has 0 aromatic rings. The monoisotopic (exact) mass is 204 g/mol. The van der Waals surface area contributed by atoms with E-state index in [1.165, 1.54) is 0 Å². The molecule has 0 saturated carbocycles. The molecule has 2 heteroatoms. The van der Waals surface area contributed by atoms with Gasteiger partial charge < -0.3 is 5.11 Å². The lowest BCUT2D eigenvalue weighted by Gasteiger charge is -2.24. The maximum atomic E-state index is 9.54. The van der Waals surface area contributed by atoms with Crippen molar-refractivity contribution in [3.05, 3.63) is 10.6 Å². The summed E-state index contributed by atoms with van der Waals surface area (Å²) < 4.78 is 1.14. The van der Waals surface area contributed by atoms with Gasteiger partial charge in [0.1, 0.15) is 0 Å².